The fourth-order valence-corrected chi connectivity index (χ4v) is 1.83. The Balaban J connectivity index is 2.55. The van der Waals surface area contributed by atoms with E-state index < -0.39 is 28.3 Å². The molecule has 0 fully saturated rings. The minimum absolute atomic E-state index is 0.00804. The van der Waals surface area contributed by atoms with Crippen LogP contribution >= 0.6 is 0 Å². The third-order valence-corrected chi connectivity index (χ3v) is 3.45. The van der Waals surface area contributed by atoms with E-state index >= 15 is 0 Å². The third-order valence-electron chi connectivity index (χ3n) is 2.14. The molecule has 0 bridgehead atoms. The predicted molar refractivity (Wildman–Crippen MR) is 63.9 cm³/mol. The van der Waals surface area contributed by atoms with Crippen LogP contribution in [0.4, 0.5) is 4.39 Å². The highest BCUT2D eigenvalue weighted by Crippen LogP contribution is 2.17. The molecular weight excluding hydrogens is 245 g/mol. The van der Waals surface area contributed by atoms with Crippen molar-refractivity contribution in [3.05, 3.63) is 29.6 Å². The van der Waals surface area contributed by atoms with Crippen LogP contribution in [-0.2, 0) is 10.8 Å². The van der Waals surface area contributed by atoms with Gasteiger partial charge in [-0.1, -0.05) is 6.92 Å². The summed E-state index contributed by atoms with van der Waals surface area (Å²) in [5.74, 6) is -0.608. The number of phenols is 1. The van der Waals surface area contributed by atoms with Crippen molar-refractivity contribution in [3.63, 3.8) is 0 Å². The fourth-order valence-electron chi connectivity index (χ4n) is 1.21. The van der Waals surface area contributed by atoms with Gasteiger partial charge < -0.3 is 10.4 Å². The lowest BCUT2D eigenvalue weighted by atomic mass is 10.2. The Morgan fingerprint density at radius 3 is 2.82 bits per heavy atom. The highest BCUT2D eigenvalue weighted by Gasteiger charge is 2.11. The average molecular weight is 259 g/mol. The normalized spacial score (nSPS) is 12.1. The number of carbonyl (C=O) groups excluding carboxylic acids is 1. The number of carbonyl (C=O) groups is 1. The maximum absolute atomic E-state index is 12.7. The van der Waals surface area contributed by atoms with E-state index in [1.54, 1.807) is 6.92 Å². The quantitative estimate of drug-likeness (QED) is 0.830. The summed E-state index contributed by atoms with van der Waals surface area (Å²) in [6.07, 6.45) is 0. The number of hydrogen-bond donors (Lipinski definition) is 2. The topological polar surface area (TPSA) is 66.4 Å². The Kier molecular flexibility index (Phi) is 5.09. The first-order valence-electron chi connectivity index (χ1n) is 5.16. The Morgan fingerprint density at radius 1 is 1.53 bits per heavy atom. The lowest BCUT2D eigenvalue weighted by molar-refractivity contribution is 0.0953. The molecule has 0 spiro atoms. The second-order valence-electron chi connectivity index (χ2n) is 3.35. The van der Waals surface area contributed by atoms with Crippen molar-refractivity contribution in [1.29, 1.82) is 0 Å². The van der Waals surface area contributed by atoms with E-state index in [1.807, 2.05) is 0 Å². The lowest BCUT2D eigenvalue weighted by Crippen LogP contribution is -2.28. The SMILES string of the molecule is CCS(=O)CCNC(=O)c1ccc(F)cc1O. The van der Waals surface area contributed by atoms with E-state index in [-0.39, 0.29) is 12.1 Å². The van der Waals surface area contributed by atoms with E-state index in [4.69, 9.17) is 0 Å². The molecule has 6 heteroatoms. The summed E-state index contributed by atoms with van der Waals surface area (Å²) in [5, 5.41) is 11.9. The molecule has 1 unspecified atom stereocenters. The van der Waals surface area contributed by atoms with Crippen LogP contribution in [0.1, 0.15) is 17.3 Å². The van der Waals surface area contributed by atoms with E-state index in [0.717, 1.165) is 12.1 Å². The van der Waals surface area contributed by atoms with Gasteiger partial charge in [0.15, 0.2) is 0 Å². The first kappa shape index (κ1) is 13.6. The van der Waals surface area contributed by atoms with Crippen molar-refractivity contribution >= 4 is 16.7 Å². The molecule has 2 N–H and O–H groups in total. The second kappa shape index (κ2) is 6.34. The number of amides is 1. The van der Waals surface area contributed by atoms with Crippen molar-refractivity contribution in [2.24, 2.45) is 0 Å². The number of nitrogens with one attached hydrogen (secondary N) is 1. The molecule has 94 valence electrons. The molecule has 0 saturated heterocycles. The van der Waals surface area contributed by atoms with Crippen molar-refractivity contribution in [3.8, 4) is 5.75 Å². The van der Waals surface area contributed by atoms with Gasteiger partial charge in [-0.15, -0.1) is 0 Å². The van der Waals surface area contributed by atoms with Crippen LogP contribution in [-0.4, -0.2) is 33.3 Å². The van der Waals surface area contributed by atoms with Gasteiger partial charge in [-0.3, -0.25) is 9.00 Å². The summed E-state index contributed by atoms with van der Waals surface area (Å²) in [4.78, 5) is 11.6. The van der Waals surface area contributed by atoms with E-state index in [9.17, 15) is 18.5 Å². The first-order valence-corrected chi connectivity index (χ1v) is 6.65. The van der Waals surface area contributed by atoms with Crippen LogP contribution in [0.15, 0.2) is 18.2 Å². The summed E-state index contributed by atoms with van der Waals surface area (Å²) in [7, 11) is -0.946. The molecule has 1 atom stereocenters. The van der Waals surface area contributed by atoms with Gasteiger partial charge in [0.2, 0.25) is 0 Å². The number of benzene rings is 1. The Morgan fingerprint density at radius 2 is 2.24 bits per heavy atom. The van der Waals surface area contributed by atoms with Gasteiger partial charge >= 0.3 is 0 Å². The van der Waals surface area contributed by atoms with Crippen molar-refractivity contribution in [2.45, 2.75) is 6.92 Å². The van der Waals surface area contributed by atoms with Crippen LogP contribution in [0.3, 0.4) is 0 Å². The monoisotopic (exact) mass is 259 g/mol. The highest BCUT2D eigenvalue weighted by molar-refractivity contribution is 7.84. The van der Waals surface area contributed by atoms with Gasteiger partial charge in [-0.25, -0.2) is 4.39 Å². The third kappa shape index (κ3) is 4.14. The van der Waals surface area contributed by atoms with E-state index in [1.165, 1.54) is 6.07 Å². The molecule has 0 aliphatic carbocycles. The Bertz CT molecular complexity index is 437. The summed E-state index contributed by atoms with van der Waals surface area (Å²) in [6.45, 7) is 2.06. The highest BCUT2D eigenvalue weighted by atomic mass is 32.2. The molecular formula is C11H14FNO3S. The maximum atomic E-state index is 12.7. The summed E-state index contributed by atoms with van der Waals surface area (Å²) >= 11 is 0. The Hall–Kier alpha value is -1.43. The van der Waals surface area contributed by atoms with Crippen molar-refractivity contribution in [1.82, 2.24) is 5.32 Å². The number of aromatic hydroxyl groups is 1. The van der Waals surface area contributed by atoms with Crippen molar-refractivity contribution < 1.29 is 18.5 Å². The minimum Gasteiger partial charge on any atom is -0.507 e. The Labute approximate surface area is 101 Å². The molecule has 4 nitrogen and oxygen atoms in total. The van der Waals surface area contributed by atoms with Gasteiger partial charge in [0.05, 0.1) is 5.56 Å². The largest absolute Gasteiger partial charge is 0.507 e. The zero-order valence-corrected chi connectivity index (χ0v) is 10.2. The molecule has 0 aromatic heterocycles. The van der Waals surface area contributed by atoms with Crippen LogP contribution in [0.5, 0.6) is 5.75 Å². The molecule has 0 aliphatic heterocycles. The molecule has 0 saturated carbocycles. The summed E-state index contributed by atoms with van der Waals surface area (Å²) in [6, 6.07) is 3.18. The molecule has 1 rings (SSSR count). The standard InChI is InChI=1S/C11H14FNO3S/c1-2-17(16)6-5-13-11(15)9-4-3-8(12)7-10(9)14/h3-4,7,14H,2,5-6H2,1H3,(H,13,15). The maximum Gasteiger partial charge on any atom is 0.255 e. The fraction of sp³-hybridized carbons (Fsp3) is 0.364. The minimum atomic E-state index is -0.946. The smallest absolute Gasteiger partial charge is 0.255 e. The van der Waals surface area contributed by atoms with Gasteiger partial charge in [0.25, 0.3) is 5.91 Å². The van der Waals surface area contributed by atoms with Crippen LogP contribution in [0.25, 0.3) is 0 Å². The van der Waals surface area contributed by atoms with Crippen molar-refractivity contribution in [2.75, 3.05) is 18.1 Å². The van der Waals surface area contributed by atoms with Gasteiger partial charge in [-0.05, 0) is 12.1 Å². The van der Waals surface area contributed by atoms with Gasteiger partial charge in [0, 0.05) is 34.9 Å². The average Bonchev–Trinajstić information content (AvgIpc) is 2.28. The lowest BCUT2D eigenvalue weighted by Gasteiger charge is -2.06. The molecule has 0 heterocycles. The van der Waals surface area contributed by atoms with Crippen LogP contribution in [0, 0.1) is 5.82 Å². The number of halogens is 1. The molecule has 0 aliphatic rings. The molecule has 0 radical (unpaired) electrons. The number of hydrogen-bond acceptors (Lipinski definition) is 3. The second-order valence-corrected chi connectivity index (χ2v) is 5.22. The zero-order chi connectivity index (χ0) is 12.8. The van der Waals surface area contributed by atoms with Gasteiger partial charge in [-0.2, -0.15) is 0 Å². The summed E-state index contributed by atoms with van der Waals surface area (Å²) in [5.41, 5.74) is 0.00804. The number of rotatable bonds is 5. The molecule has 17 heavy (non-hydrogen) atoms. The summed E-state index contributed by atoms with van der Waals surface area (Å²) < 4.78 is 23.8. The molecule has 1 aromatic carbocycles. The first-order chi connectivity index (χ1) is 8.04. The molecule has 1 aromatic rings. The van der Waals surface area contributed by atoms with E-state index in [2.05, 4.69) is 5.32 Å². The number of phenolic OH excluding ortho intramolecular Hbond substituents is 1. The zero-order valence-electron chi connectivity index (χ0n) is 9.40. The van der Waals surface area contributed by atoms with Gasteiger partial charge in [0.1, 0.15) is 11.6 Å². The van der Waals surface area contributed by atoms with Crippen LogP contribution < -0.4 is 5.32 Å². The van der Waals surface area contributed by atoms with E-state index in [0.29, 0.717) is 11.5 Å². The predicted octanol–water partition coefficient (Wildman–Crippen LogP) is 1.03. The van der Waals surface area contributed by atoms with Crippen LogP contribution in [0.2, 0.25) is 0 Å². The molecule has 1 amide bonds.